The van der Waals surface area contributed by atoms with Crippen LogP contribution in [0.1, 0.15) is 0 Å². The van der Waals surface area contributed by atoms with E-state index in [4.69, 9.17) is 10.4 Å². The Bertz CT molecular complexity index is 76.3. The van der Waals surface area contributed by atoms with Crippen molar-refractivity contribution in [3.05, 3.63) is 6.15 Å². The Labute approximate surface area is 33.9 Å². The molecule has 0 aliphatic carbocycles. The van der Waals surface area contributed by atoms with Gasteiger partial charge in [-0.1, -0.05) is 0 Å². The summed E-state index contributed by atoms with van der Waals surface area (Å²) < 4.78 is 25.8. The van der Waals surface area contributed by atoms with Crippen LogP contribution in [0, 0.1) is 0 Å². The monoisotopic (exact) mass is 251 g/mol. The molecule has 0 fully saturated rings. The van der Waals surface area contributed by atoms with Gasteiger partial charge in [-0.25, -0.2) is 0 Å². The van der Waals surface area contributed by atoms with E-state index in [2.05, 4.69) is 0 Å². The second-order valence-electron chi connectivity index (χ2n) is 0.189. The van der Waals surface area contributed by atoms with Crippen molar-refractivity contribution in [2.45, 2.75) is 0 Å². The molecule has 5 heavy (non-hydrogen) atoms. The van der Waals surface area contributed by atoms with E-state index in [1.54, 1.807) is 0 Å². The van der Waals surface area contributed by atoms with Crippen LogP contribution < -0.4 is 0 Å². The van der Waals surface area contributed by atoms with E-state index in [1.165, 1.54) is 0 Å². The first-order valence-electron chi connectivity index (χ1n) is 0.463. The molecule has 33 valence electrons. The quantitative estimate of drug-likeness (QED) is 0.622. The molecule has 0 saturated carbocycles. The molecule has 0 radical (unpaired) electrons. The van der Waals surface area contributed by atoms with Gasteiger partial charge in [0.1, 0.15) is 0 Å². The summed E-state index contributed by atoms with van der Waals surface area (Å²) in [7, 11) is 0. The number of hydrogen-bond acceptors (Lipinski definition) is 3. The normalized spacial score (nSPS) is 4.80. The van der Waals surface area contributed by atoms with Gasteiger partial charge in [0.2, 0.25) is 0 Å². The zero-order valence-corrected chi connectivity index (χ0v) is 4.90. The number of nitrogens with two attached hydrogens (primary N) is 1. The van der Waals surface area contributed by atoms with E-state index in [1.807, 2.05) is 0 Å². The van der Waals surface area contributed by atoms with Crippen LogP contribution in [0.4, 0.5) is 0 Å². The van der Waals surface area contributed by atoms with Gasteiger partial charge in [0.25, 0.3) is 0 Å². The van der Waals surface area contributed by atoms with Crippen molar-refractivity contribution >= 4 is 0 Å². The van der Waals surface area contributed by atoms with Crippen molar-refractivity contribution < 1.29 is 27.0 Å². The van der Waals surface area contributed by atoms with Crippen LogP contribution in [0.3, 0.4) is 0 Å². The molecule has 0 rings (SSSR count). The van der Waals surface area contributed by atoms with Crippen molar-refractivity contribution in [3.8, 4) is 0 Å². The van der Waals surface area contributed by atoms with Gasteiger partial charge in [-0.05, 0) is 0 Å². The molecule has 0 aromatic rings. The molecule has 0 aromatic carbocycles. The molecule has 0 bridgehead atoms. The van der Waals surface area contributed by atoms with Crippen molar-refractivity contribution in [2.24, 2.45) is 0 Å². The fourth-order valence-electron chi connectivity index (χ4n) is 0. The fraction of sp³-hybridized carbons (Fsp3) is 0. The minimum absolute atomic E-state index is 0. The van der Waals surface area contributed by atoms with Gasteiger partial charge in [0.15, 0.2) is 0 Å². The molecule has 0 atom stereocenters. The Balaban J connectivity index is 0. The maximum atomic E-state index is 8.60. The van der Waals surface area contributed by atoms with Crippen molar-refractivity contribution in [1.29, 1.82) is 0 Å². The molecule has 0 aliphatic heterocycles. The maximum absolute atomic E-state index is 8.60. The molecule has 0 amide bonds. The molecule has 0 aliphatic rings. The van der Waals surface area contributed by atoms with Gasteiger partial charge >= 0.3 is 27.0 Å². The van der Waals surface area contributed by atoms with E-state index in [0.717, 1.165) is 0 Å². The summed E-state index contributed by atoms with van der Waals surface area (Å²) in [5.74, 6) is 0. The molecule has 5 heteroatoms. The molecule has 4 nitrogen and oxygen atoms in total. The first-order chi connectivity index (χ1) is 1.73. The van der Waals surface area contributed by atoms with Crippen molar-refractivity contribution in [3.63, 3.8) is 0 Å². The van der Waals surface area contributed by atoms with Gasteiger partial charge in [0.05, 0.1) is 0 Å². The average molecular weight is 250 g/mol. The zero-order chi connectivity index (χ0) is 3.58. The molecule has 2 N–H and O–H groups in total. The van der Waals surface area contributed by atoms with Crippen LogP contribution in [0.15, 0.2) is 0 Å². The Hall–Kier alpha value is 0.0223. The molecule has 0 saturated heterocycles. The van der Waals surface area contributed by atoms with E-state index in [-0.39, 0.29) is 6.15 Å². The Kier molecular flexibility index (Phi) is 7.16. The summed E-state index contributed by atoms with van der Waals surface area (Å²) in [5, 5.41) is 0. The van der Waals surface area contributed by atoms with Gasteiger partial charge in [0, 0.05) is 0 Å². The summed E-state index contributed by atoms with van der Waals surface area (Å²) >= 11 is -4.21. The summed E-state index contributed by atoms with van der Waals surface area (Å²) in [4.78, 5) is 0. The minimum atomic E-state index is -4.21. The van der Waals surface area contributed by atoms with Crippen LogP contribution in [0.25, 0.3) is 6.15 Å². The van der Waals surface area contributed by atoms with Crippen molar-refractivity contribution in [2.75, 3.05) is 0 Å². The third kappa shape index (κ3) is 33000. The Morgan fingerprint density at radius 3 is 1.00 bits per heavy atom. The molecule has 0 aromatic heterocycles. The average Bonchev–Trinajstić information content (AvgIpc) is 0.811. The summed E-state index contributed by atoms with van der Waals surface area (Å²) in [5.41, 5.74) is 0. The second kappa shape index (κ2) is 4.02. The topological polar surface area (TPSA) is 84.7 Å². The van der Waals surface area contributed by atoms with Crippen molar-refractivity contribution in [1.82, 2.24) is 0 Å². The van der Waals surface area contributed by atoms with E-state index in [9.17, 15) is 0 Å². The van der Waals surface area contributed by atoms with Crippen LogP contribution in [0.2, 0.25) is 0 Å². The van der Waals surface area contributed by atoms with Gasteiger partial charge in [-0.2, -0.15) is 0 Å². The van der Waals surface area contributed by atoms with Crippen LogP contribution in [0.5, 0.6) is 0 Å². The first-order valence-corrected chi connectivity index (χ1v) is 3.79. The SMILES string of the molecule is [NH2-].[O]=[Re](=[O])=[O]. The zero-order valence-electron chi connectivity index (χ0n) is 2.18. The Morgan fingerprint density at radius 2 is 1.00 bits per heavy atom. The summed E-state index contributed by atoms with van der Waals surface area (Å²) in [6.45, 7) is 0. The van der Waals surface area contributed by atoms with Crippen LogP contribution in [-0.4, -0.2) is 0 Å². The molecule has 0 unspecified atom stereocenters. The van der Waals surface area contributed by atoms with Gasteiger partial charge in [-0.15, -0.1) is 0 Å². The van der Waals surface area contributed by atoms with E-state index < -0.39 is 16.6 Å². The summed E-state index contributed by atoms with van der Waals surface area (Å²) in [6, 6.07) is 0. The van der Waals surface area contributed by atoms with Gasteiger partial charge < -0.3 is 6.15 Å². The third-order valence-corrected chi connectivity index (χ3v) is 0. The summed E-state index contributed by atoms with van der Waals surface area (Å²) in [6.07, 6.45) is 0. The first kappa shape index (κ1) is 8.90. The Morgan fingerprint density at radius 1 is 1.00 bits per heavy atom. The predicted molar refractivity (Wildman–Crippen MR) is 7.34 cm³/mol. The molecule has 0 spiro atoms. The fourth-order valence-corrected chi connectivity index (χ4v) is 0. The van der Waals surface area contributed by atoms with Crippen LogP contribution >= 0.6 is 0 Å². The number of rotatable bonds is 0. The van der Waals surface area contributed by atoms with E-state index >= 15 is 0 Å². The molecule has 0 heterocycles. The van der Waals surface area contributed by atoms with Crippen LogP contribution in [-0.2, 0) is 27.0 Å². The standard InChI is InChI=1S/H2N.3O.Re/h1H2;;;;/q-1;;;;. The number of hydrogen-bond donors (Lipinski definition) is 0. The third-order valence-electron chi connectivity index (χ3n) is 0. The second-order valence-corrected chi connectivity index (χ2v) is 1.55. The van der Waals surface area contributed by atoms with Gasteiger partial charge in [-0.3, -0.25) is 0 Å². The molecular weight excluding hydrogens is 248 g/mol. The van der Waals surface area contributed by atoms with E-state index in [0.29, 0.717) is 0 Å². The predicted octanol–water partition coefficient (Wildman–Crippen LogP) is 0.358. The molecular formula is H2NO3Re-.